The van der Waals surface area contributed by atoms with E-state index in [0.717, 1.165) is 11.5 Å². The zero-order valence-electron chi connectivity index (χ0n) is 11.1. The van der Waals surface area contributed by atoms with Crippen molar-refractivity contribution in [3.05, 3.63) is 11.8 Å². The minimum absolute atomic E-state index is 0.548. The Hall–Kier alpha value is -1.36. The second-order valence-electron chi connectivity index (χ2n) is 5.25. The first-order valence-corrected chi connectivity index (χ1v) is 6.80. The highest BCUT2D eigenvalue weighted by molar-refractivity contribution is 5.43. The summed E-state index contributed by atoms with van der Waals surface area (Å²) in [6.45, 7) is 4.50. The molecule has 5 heteroatoms. The van der Waals surface area contributed by atoms with E-state index in [-0.39, 0.29) is 0 Å². The highest BCUT2D eigenvalue weighted by atomic mass is 15.3. The Morgan fingerprint density at radius 1 is 1.28 bits per heavy atom. The van der Waals surface area contributed by atoms with E-state index in [9.17, 15) is 0 Å². The SMILES string of the molecule is CNc1nc(C)cc(NC2CCN3CCCC23)n1. The van der Waals surface area contributed by atoms with E-state index >= 15 is 0 Å². The highest BCUT2D eigenvalue weighted by Crippen LogP contribution is 2.29. The molecule has 0 bridgehead atoms. The molecule has 98 valence electrons. The average Bonchev–Trinajstić information content (AvgIpc) is 2.93. The zero-order valence-corrected chi connectivity index (χ0v) is 11.1. The third-order valence-electron chi connectivity index (χ3n) is 4.02. The summed E-state index contributed by atoms with van der Waals surface area (Å²) >= 11 is 0. The lowest BCUT2D eigenvalue weighted by atomic mass is 10.1. The smallest absolute Gasteiger partial charge is 0.224 e. The first-order valence-electron chi connectivity index (χ1n) is 6.80. The molecule has 3 heterocycles. The molecule has 2 aliphatic heterocycles. The Morgan fingerprint density at radius 2 is 2.17 bits per heavy atom. The predicted molar refractivity (Wildman–Crippen MR) is 72.9 cm³/mol. The van der Waals surface area contributed by atoms with Crippen molar-refractivity contribution < 1.29 is 0 Å². The van der Waals surface area contributed by atoms with Gasteiger partial charge < -0.3 is 10.6 Å². The van der Waals surface area contributed by atoms with Gasteiger partial charge in [-0.2, -0.15) is 4.98 Å². The lowest BCUT2D eigenvalue weighted by Crippen LogP contribution is -2.34. The maximum absolute atomic E-state index is 4.48. The lowest BCUT2D eigenvalue weighted by Gasteiger charge is -2.22. The maximum atomic E-state index is 4.48. The van der Waals surface area contributed by atoms with Crippen LogP contribution >= 0.6 is 0 Å². The van der Waals surface area contributed by atoms with Crippen LogP contribution in [0.5, 0.6) is 0 Å². The molecule has 3 rings (SSSR count). The summed E-state index contributed by atoms with van der Waals surface area (Å²) in [7, 11) is 1.85. The molecule has 1 aromatic rings. The van der Waals surface area contributed by atoms with Gasteiger partial charge >= 0.3 is 0 Å². The topological polar surface area (TPSA) is 53.1 Å². The molecule has 18 heavy (non-hydrogen) atoms. The van der Waals surface area contributed by atoms with E-state index in [4.69, 9.17) is 0 Å². The van der Waals surface area contributed by atoms with Crippen LogP contribution in [-0.2, 0) is 0 Å². The highest BCUT2D eigenvalue weighted by Gasteiger charge is 2.37. The molecule has 2 atom stereocenters. The van der Waals surface area contributed by atoms with Crippen LogP contribution < -0.4 is 10.6 Å². The summed E-state index contributed by atoms with van der Waals surface area (Å²) in [5.74, 6) is 1.64. The van der Waals surface area contributed by atoms with Crippen molar-refractivity contribution in [2.75, 3.05) is 30.8 Å². The predicted octanol–water partition coefficient (Wildman–Crippen LogP) is 1.48. The molecule has 2 N–H and O–H groups in total. The van der Waals surface area contributed by atoms with E-state index in [1.54, 1.807) is 0 Å². The summed E-state index contributed by atoms with van der Waals surface area (Å²) in [5.41, 5.74) is 0.998. The van der Waals surface area contributed by atoms with Gasteiger partial charge in [0.05, 0.1) is 0 Å². The van der Waals surface area contributed by atoms with Crippen LogP contribution in [0.1, 0.15) is 25.0 Å². The third-order valence-corrected chi connectivity index (χ3v) is 4.02. The van der Waals surface area contributed by atoms with Gasteiger partial charge in [-0.15, -0.1) is 0 Å². The third kappa shape index (κ3) is 2.14. The van der Waals surface area contributed by atoms with Crippen molar-refractivity contribution in [3.63, 3.8) is 0 Å². The Labute approximate surface area is 108 Å². The molecule has 2 fully saturated rings. The van der Waals surface area contributed by atoms with Crippen LogP contribution in [0.25, 0.3) is 0 Å². The maximum Gasteiger partial charge on any atom is 0.224 e. The van der Waals surface area contributed by atoms with E-state index in [1.165, 1.54) is 32.4 Å². The lowest BCUT2D eigenvalue weighted by molar-refractivity contribution is 0.318. The van der Waals surface area contributed by atoms with E-state index in [0.29, 0.717) is 18.0 Å². The van der Waals surface area contributed by atoms with Gasteiger partial charge in [0, 0.05) is 37.4 Å². The summed E-state index contributed by atoms with van der Waals surface area (Å²) in [5, 5.41) is 6.60. The minimum Gasteiger partial charge on any atom is -0.366 e. The van der Waals surface area contributed by atoms with Crippen molar-refractivity contribution in [2.24, 2.45) is 0 Å². The summed E-state index contributed by atoms with van der Waals surface area (Å²) in [4.78, 5) is 11.4. The number of fused-ring (bicyclic) bond motifs is 1. The van der Waals surface area contributed by atoms with Gasteiger partial charge in [-0.05, 0) is 32.7 Å². The fraction of sp³-hybridized carbons (Fsp3) is 0.692. The summed E-state index contributed by atoms with van der Waals surface area (Å²) in [6.07, 6.45) is 3.89. The monoisotopic (exact) mass is 247 g/mol. The van der Waals surface area contributed by atoms with Gasteiger partial charge in [-0.3, -0.25) is 4.90 Å². The molecular weight excluding hydrogens is 226 g/mol. The second-order valence-corrected chi connectivity index (χ2v) is 5.25. The Kier molecular flexibility index (Phi) is 3.07. The van der Waals surface area contributed by atoms with Crippen molar-refractivity contribution in [3.8, 4) is 0 Å². The van der Waals surface area contributed by atoms with Crippen LogP contribution in [0.4, 0.5) is 11.8 Å². The van der Waals surface area contributed by atoms with E-state index < -0.39 is 0 Å². The number of hydrogen-bond acceptors (Lipinski definition) is 5. The van der Waals surface area contributed by atoms with Crippen LogP contribution in [0.3, 0.4) is 0 Å². The van der Waals surface area contributed by atoms with Crippen LogP contribution in [0.15, 0.2) is 6.07 Å². The van der Waals surface area contributed by atoms with E-state index in [1.807, 2.05) is 20.0 Å². The van der Waals surface area contributed by atoms with Crippen molar-refractivity contribution >= 4 is 11.8 Å². The Morgan fingerprint density at radius 3 is 3.00 bits per heavy atom. The molecule has 0 saturated carbocycles. The van der Waals surface area contributed by atoms with Crippen LogP contribution in [-0.4, -0.2) is 47.1 Å². The molecule has 0 aliphatic carbocycles. The van der Waals surface area contributed by atoms with Gasteiger partial charge in [0.1, 0.15) is 5.82 Å². The molecule has 5 nitrogen and oxygen atoms in total. The normalized spacial score (nSPS) is 27.2. The summed E-state index contributed by atoms with van der Waals surface area (Å²) in [6, 6.07) is 3.28. The quantitative estimate of drug-likeness (QED) is 0.847. The fourth-order valence-electron chi connectivity index (χ4n) is 3.20. The fourth-order valence-corrected chi connectivity index (χ4v) is 3.20. The van der Waals surface area contributed by atoms with Crippen molar-refractivity contribution in [2.45, 2.75) is 38.3 Å². The van der Waals surface area contributed by atoms with Crippen LogP contribution in [0, 0.1) is 6.92 Å². The first-order chi connectivity index (χ1) is 8.76. The van der Waals surface area contributed by atoms with Crippen LogP contribution in [0.2, 0.25) is 0 Å². The number of nitrogens with zero attached hydrogens (tertiary/aromatic N) is 3. The van der Waals surface area contributed by atoms with Gasteiger partial charge in [0.25, 0.3) is 0 Å². The number of hydrogen-bond donors (Lipinski definition) is 2. The second kappa shape index (κ2) is 4.72. The zero-order chi connectivity index (χ0) is 12.5. The Balaban J connectivity index is 1.74. The molecule has 2 saturated heterocycles. The van der Waals surface area contributed by atoms with Gasteiger partial charge in [0.2, 0.25) is 5.95 Å². The van der Waals surface area contributed by atoms with Gasteiger partial charge in [-0.1, -0.05) is 0 Å². The minimum atomic E-state index is 0.548. The van der Waals surface area contributed by atoms with Gasteiger partial charge in [0.15, 0.2) is 0 Å². The molecule has 2 unspecified atom stereocenters. The molecule has 2 aliphatic rings. The molecule has 1 aromatic heterocycles. The summed E-state index contributed by atoms with van der Waals surface area (Å²) < 4.78 is 0. The molecule has 0 amide bonds. The number of aromatic nitrogens is 2. The number of aryl methyl sites for hydroxylation is 1. The van der Waals surface area contributed by atoms with E-state index in [2.05, 4.69) is 25.5 Å². The molecular formula is C13H21N5. The number of rotatable bonds is 3. The van der Waals surface area contributed by atoms with Crippen molar-refractivity contribution in [1.82, 2.24) is 14.9 Å². The molecule has 0 spiro atoms. The first kappa shape index (κ1) is 11.7. The standard InChI is InChI=1S/C13H21N5/c1-9-8-12(17-13(14-2)15-9)16-10-5-7-18-6-3-4-11(10)18/h8,10-11H,3-7H2,1-2H3,(H2,14,15,16,17). The van der Waals surface area contributed by atoms with Crippen molar-refractivity contribution in [1.29, 1.82) is 0 Å². The largest absolute Gasteiger partial charge is 0.366 e. The van der Waals surface area contributed by atoms with Gasteiger partial charge in [-0.25, -0.2) is 4.98 Å². The average molecular weight is 247 g/mol. The molecule has 0 radical (unpaired) electrons. The number of nitrogens with one attached hydrogen (secondary N) is 2. The molecule has 0 aromatic carbocycles. The number of anilines is 2. The Bertz CT molecular complexity index is 433.